The first kappa shape index (κ1) is 21.3. The molecule has 1 aromatic carbocycles. The van der Waals surface area contributed by atoms with Crippen LogP contribution in [0.1, 0.15) is 0 Å². The number of nitrogens with zero attached hydrogens (tertiary/aromatic N) is 7. The molecule has 0 fully saturated rings. The number of hydrogen-bond donors (Lipinski definition) is 0. The second-order valence-corrected chi connectivity index (χ2v) is 7.08. The van der Waals surface area contributed by atoms with Crippen LogP contribution in [0.3, 0.4) is 0 Å². The summed E-state index contributed by atoms with van der Waals surface area (Å²) in [4.78, 5) is 25.8. The molecule has 4 aromatic heterocycles. The highest BCUT2D eigenvalue weighted by Crippen LogP contribution is 2.23. The van der Waals surface area contributed by atoms with Crippen LogP contribution in [0.15, 0.2) is 59.9 Å². The van der Waals surface area contributed by atoms with E-state index in [9.17, 15) is 18.0 Å². The Morgan fingerprint density at radius 2 is 1.85 bits per heavy atom. The lowest BCUT2D eigenvalue weighted by Gasteiger charge is -2.13. The van der Waals surface area contributed by atoms with Crippen LogP contribution in [-0.2, 0) is 0 Å². The van der Waals surface area contributed by atoms with Crippen molar-refractivity contribution in [2.24, 2.45) is 0 Å². The lowest BCUT2D eigenvalue weighted by molar-refractivity contribution is -0.154. The second kappa shape index (κ2) is 8.10. The summed E-state index contributed by atoms with van der Waals surface area (Å²) in [7, 11) is 1.50. The molecule has 0 spiro atoms. The standard InChI is InChI=1S/C21H14F3N7O3/c1-33-14-5-3-13(4-6-14)31-18-15(8-25-20(28-18)34-10-21(22,23)24)27-17(19(31)32)12-2-7-16-29-26-11-30(16)9-12/h2-9,11H,10H2,1H3. The first-order valence-electron chi connectivity index (χ1n) is 9.76. The third kappa shape index (κ3) is 3.98. The fourth-order valence-electron chi connectivity index (χ4n) is 3.31. The van der Waals surface area contributed by atoms with Crippen LogP contribution < -0.4 is 15.0 Å². The molecule has 0 aliphatic rings. The Morgan fingerprint density at radius 3 is 2.59 bits per heavy atom. The van der Waals surface area contributed by atoms with Gasteiger partial charge in [-0.05, 0) is 36.4 Å². The average Bonchev–Trinajstić information content (AvgIpc) is 3.30. The van der Waals surface area contributed by atoms with Crippen LogP contribution in [0, 0.1) is 0 Å². The highest BCUT2D eigenvalue weighted by molar-refractivity contribution is 5.76. The molecule has 0 saturated heterocycles. The van der Waals surface area contributed by atoms with Gasteiger partial charge in [0, 0.05) is 11.8 Å². The summed E-state index contributed by atoms with van der Waals surface area (Å²) in [6, 6.07) is 9.32. The van der Waals surface area contributed by atoms with Crippen LogP contribution in [0.2, 0.25) is 0 Å². The van der Waals surface area contributed by atoms with Crippen LogP contribution in [-0.4, -0.2) is 54.0 Å². The third-order valence-corrected chi connectivity index (χ3v) is 4.84. The normalized spacial score (nSPS) is 11.8. The molecule has 10 nitrogen and oxygen atoms in total. The molecule has 0 radical (unpaired) electrons. The van der Waals surface area contributed by atoms with Gasteiger partial charge in [-0.15, -0.1) is 10.2 Å². The minimum absolute atomic E-state index is 0.0172. The van der Waals surface area contributed by atoms with Gasteiger partial charge < -0.3 is 9.47 Å². The molecule has 0 atom stereocenters. The first-order valence-corrected chi connectivity index (χ1v) is 9.76. The summed E-state index contributed by atoms with van der Waals surface area (Å²) >= 11 is 0. The molecule has 5 rings (SSSR count). The second-order valence-electron chi connectivity index (χ2n) is 7.08. The number of methoxy groups -OCH3 is 1. The van der Waals surface area contributed by atoms with Gasteiger partial charge in [0.05, 0.1) is 19.0 Å². The smallest absolute Gasteiger partial charge is 0.422 e. The fourth-order valence-corrected chi connectivity index (χ4v) is 3.31. The predicted octanol–water partition coefficient (Wildman–Crippen LogP) is 2.84. The first-order chi connectivity index (χ1) is 16.3. The molecule has 5 aromatic rings. The predicted molar refractivity (Wildman–Crippen MR) is 113 cm³/mol. The Morgan fingerprint density at radius 1 is 1.06 bits per heavy atom. The maximum Gasteiger partial charge on any atom is 0.422 e. The lowest BCUT2D eigenvalue weighted by atomic mass is 10.2. The molecule has 0 bridgehead atoms. The largest absolute Gasteiger partial charge is 0.497 e. The van der Waals surface area contributed by atoms with Gasteiger partial charge in [0.2, 0.25) is 0 Å². The van der Waals surface area contributed by atoms with Crippen molar-refractivity contribution in [1.29, 1.82) is 0 Å². The molecule has 0 aliphatic carbocycles. The minimum atomic E-state index is -4.57. The number of aromatic nitrogens is 7. The van der Waals surface area contributed by atoms with E-state index in [1.165, 1.54) is 24.2 Å². The molecular formula is C21H14F3N7O3. The maximum absolute atomic E-state index is 13.6. The number of pyridine rings is 1. The van der Waals surface area contributed by atoms with Gasteiger partial charge in [0.15, 0.2) is 17.9 Å². The molecule has 172 valence electrons. The summed E-state index contributed by atoms with van der Waals surface area (Å²) < 4.78 is 50.5. The van der Waals surface area contributed by atoms with Gasteiger partial charge in [-0.1, -0.05) is 0 Å². The van der Waals surface area contributed by atoms with Gasteiger partial charge in [-0.2, -0.15) is 18.2 Å². The van der Waals surface area contributed by atoms with Crippen molar-refractivity contribution in [1.82, 2.24) is 34.1 Å². The zero-order valence-corrected chi connectivity index (χ0v) is 17.4. The summed E-state index contributed by atoms with van der Waals surface area (Å²) in [5.74, 6) is 0.553. The van der Waals surface area contributed by atoms with E-state index in [4.69, 9.17) is 4.74 Å². The van der Waals surface area contributed by atoms with E-state index in [2.05, 4.69) is 29.9 Å². The van der Waals surface area contributed by atoms with E-state index in [0.29, 0.717) is 22.6 Å². The van der Waals surface area contributed by atoms with Gasteiger partial charge in [0.1, 0.15) is 23.3 Å². The Hall–Kier alpha value is -4.55. The highest BCUT2D eigenvalue weighted by atomic mass is 19.4. The molecule has 0 amide bonds. The molecule has 4 heterocycles. The number of ether oxygens (including phenoxy) is 2. The zero-order chi connectivity index (χ0) is 23.9. The Kier molecular flexibility index (Phi) is 5.07. The van der Waals surface area contributed by atoms with Crippen molar-refractivity contribution in [3.05, 3.63) is 65.5 Å². The Bertz CT molecular complexity index is 1560. The van der Waals surface area contributed by atoms with Crippen LogP contribution in [0.4, 0.5) is 13.2 Å². The van der Waals surface area contributed by atoms with Crippen molar-refractivity contribution in [2.75, 3.05) is 13.7 Å². The topological polar surface area (TPSA) is 109 Å². The summed E-state index contributed by atoms with van der Waals surface area (Å²) in [5, 5.41) is 7.75. The number of rotatable bonds is 5. The molecule has 0 N–H and O–H groups in total. The third-order valence-electron chi connectivity index (χ3n) is 4.84. The molecular weight excluding hydrogens is 455 g/mol. The van der Waals surface area contributed by atoms with E-state index in [-0.39, 0.29) is 16.9 Å². The molecule has 0 aliphatic heterocycles. The van der Waals surface area contributed by atoms with Gasteiger partial charge >= 0.3 is 12.2 Å². The van der Waals surface area contributed by atoms with Crippen molar-refractivity contribution < 1.29 is 22.6 Å². The van der Waals surface area contributed by atoms with Crippen LogP contribution >= 0.6 is 0 Å². The van der Waals surface area contributed by atoms with E-state index < -0.39 is 24.4 Å². The molecule has 0 saturated carbocycles. The van der Waals surface area contributed by atoms with Gasteiger partial charge in [0.25, 0.3) is 5.56 Å². The van der Waals surface area contributed by atoms with Crippen LogP contribution in [0.5, 0.6) is 11.8 Å². The highest BCUT2D eigenvalue weighted by Gasteiger charge is 2.29. The SMILES string of the molecule is COc1ccc(-n2c(=O)c(-c3ccc4nncn4c3)nc3cnc(OCC(F)(F)F)nc32)cc1. The van der Waals surface area contributed by atoms with Crippen molar-refractivity contribution >= 4 is 16.8 Å². The number of benzene rings is 1. The van der Waals surface area contributed by atoms with E-state index in [1.807, 2.05) is 0 Å². The quantitative estimate of drug-likeness (QED) is 0.387. The average molecular weight is 469 g/mol. The van der Waals surface area contributed by atoms with E-state index in [1.54, 1.807) is 47.0 Å². The van der Waals surface area contributed by atoms with Crippen molar-refractivity contribution in [2.45, 2.75) is 6.18 Å². The molecule has 13 heteroatoms. The van der Waals surface area contributed by atoms with E-state index >= 15 is 0 Å². The Labute approximate surface area is 188 Å². The number of hydrogen-bond acceptors (Lipinski definition) is 8. The van der Waals surface area contributed by atoms with E-state index in [0.717, 1.165) is 0 Å². The van der Waals surface area contributed by atoms with Gasteiger partial charge in [-0.25, -0.2) is 9.97 Å². The summed E-state index contributed by atoms with van der Waals surface area (Å²) in [6.45, 7) is -1.57. The van der Waals surface area contributed by atoms with Gasteiger partial charge in [-0.3, -0.25) is 13.8 Å². The number of alkyl halides is 3. The molecule has 0 unspecified atom stereocenters. The minimum Gasteiger partial charge on any atom is -0.497 e. The lowest BCUT2D eigenvalue weighted by Crippen LogP contribution is -2.24. The summed E-state index contributed by atoms with van der Waals surface area (Å²) in [5.41, 5.74) is 1.13. The maximum atomic E-state index is 13.6. The van der Waals surface area contributed by atoms with Crippen molar-refractivity contribution in [3.63, 3.8) is 0 Å². The fraction of sp³-hybridized carbons (Fsp3) is 0.143. The Balaban J connectivity index is 1.72. The number of halogens is 3. The summed E-state index contributed by atoms with van der Waals surface area (Å²) in [6.07, 6.45) is -0.245. The van der Waals surface area contributed by atoms with Crippen molar-refractivity contribution in [3.8, 4) is 28.7 Å². The number of fused-ring (bicyclic) bond motifs is 2. The molecule has 34 heavy (non-hydrogen) atoms. The van der Waals surface area contributed by atoms with Crippen LogP contribution in [0.25, 0.3) is 33.8 Å². The monoisotopic (exact) mass is 469 g/mol. The zero-order valence-electron chi connectivity index (χ0n) is 17.4.